The molecular formula is C32H28N2O3S. The Balaban J connectivity index is 1.56. The van der Waals surface area contributed by atoms with Gasteiger partial charge in [0.05, 0.1) is 23.4 Å². The molecule has 0 aliphatic rings. The molecule has 2 aromatic heterocycles. The minimum atomic E-state index is -0.462. The topological polar surface area (TPSA) is 68.3 Å². The lowest BCUT2D eigenvalue weighted by Crippen LogP contribution is -2.15. The highest BCUT2D eigenvalue weighted by Crippen LogP contribution is 2.37. The van der Waals surface area contributed by atoms with E-state index in [-0.39, 0.29) is 12.5 Å². The van der Waals surface area contributed by atoms with Gasteiger partial charge in [-0.1, -0.05) is 79.2 Å². The first-order chi connectivity index (χ1) is 18.5. The van der Waals surface area contributed by atoms with Crippen LogP contribution in [0.5, 0.6) is 0 Å². The molecule has 0 atom stereocenters. The number of esters is 1. The second kappa shape index (κ2) is 11.0. The van der Waals surface area contributed by atoms with Crippen molar-refractivity contribution in [2.24, 2.45) is 0 Å². The van der Waals surface area contributed by atoms with Crippen LogP contribution in [-0.4, -0.2) is 23.5 Å². The molecule has 5 nitrogen and oxygen atoms in total. The maximum Gasteiger partial charge on any atom is 0.341 e. The van der Waals surface area contributed by atoms with E-state index in [0.717, 1.165) is 39.6 Å². The number of para-hydroxylation sites is 1. The van der Waals surface area contributed by atoms with Crippen molar-refractivity contribution in [2.75, 3.05) is 11.9 Å². The lowest BCUT2D eigenvalue weighted by molar-refractivity contribution is 0.0529. The van der Waals surface area contributed by atoms with Crippen molar-refractivity contribution >= 4 is 39.1 Å². The van der Waals surface area contributed by atoms with Crippen LogP contribution in [0.25, 0.3) is 33.3 Å². The van der Waals surface area contributed by atoms with E-state index < -0.39 is 5.97 Å². The third kappa shape index (κ3) is 5.08. The van der Waals surface area contributed by atoms with Crippen LogP contribution in [-0.2, 0) is 11.2 Å². The number of carbonyl (C=O) groups is 2. The molecule has 0 radical (unpaired) electrons. The summed E-state index contributed by atoms with van der Waals surface area (Å²) < 4.78 is 5.37. The predicted molar refractivity (Wildman–Crippen MR) is 155 cm³/mol. The zero-order valence-electron chi connectivity index (χ0n) is 21.6. The molecule has 5 aromatic rings. The minimum absolute atomic E-state index is 0.241. The van der Waals surface area contributed by atoms with Gasteiger partial charge in [0.1, 0.15) is 10.6 Å². The Kier molecular flexibility index (Phi) is 7.33. The summed E-state index contributed by atoms with van der Waals surface area (Å²) in [4.78, 5) is 31.6. The number of anilines is 1. The summed E-state index contributed by atoms with van der Waals surface area (Å²) in [5, 5.41) is 6.09. The highest BCUT2D eigenvalue weighted by atomic mass is 32.1. The molecule has 0 saturated heterocycles. The zero-order valence-corrected chi connectivity index (χ0v) is 22.4. The van der Waals surface area contributed by atoms with Gasteiger partial charge in [-0.25, -0.2) is 9.78 Å². The summed E-state index contributed by atoms with van der Waals surface area (Å²) in [6, 6.07) is 25.6. The number of pyridine rings is 1. The number of fused-ring (bicyclic) bond motifs is 1. The molecule has 0 aliphatic carbocycles. The van der Waals surface area contributed by atoms with Gasteiger partial charge in [0.25, 0.3) is 5.91 Å². The standard InChI is InChI=1S/C32H28N2O3S/c1-4-21-12-16-23(17-13-21)28-18-25(24-8-6-7-9-27(24)33-28)30(35)34-31-29(32(36)37-5-2)26(19-38-31)22-14-10-20(3)11-15-22/h6-19H,4-5H2,1-3H3,(H,34,35). The highest BCUT2D eigenvalue weighted by molar-refractivity contribution is 7.15. The molecular weight excluding hydrogens is 492 g/mol. The van der Waals surface area contributed by atoms with Gasteiger partial charge in [-0.2, -0.15) is 0 Å². The van der Waals surface area contributed by atoms with E-state index in [1.165, 1.54) is 16.9 Å². The second-order valence-electron chi connectivity index (χ2n) is 9.02. The summed E-state index contributed by atoms with van der Waals surface area (Å²) in [6.07, 6.45) is 0.952. The van der Waals surface area contributed by atoms with Crippen LogP contribution in [0.1, 0.15) is 45.7 Å². The number of thiophene rings is 1. The molecule has 0 bridgehead atoms. The third-order valence-electron chi connectivity index (χ3n) is 6.48. The van der Waals surface area contributed by atoms with Crippen molar-refractivity contribution in [1.29, 1.82) is 0 Å². The van der Waals surface area contributed by atoms with Crippen LogP contribution in [0.3, 0.4) is 0 Å². The average Bonchev–Trinajstić information content (AvgIpc) is 3.36. The van der Waals surface area contributed by atoms with Crippen LogP contribution in [0.15, 0.2) is 84.2 Å². The average molecular weight is 521 g/mol. The molecule has 2 heterocycles. The number of nitrogens with zero attached hydrogens (tertiary/aromatic N) is 1. The van der Waals surface area contributed by atoms with Gasteiger partial charge in [0.2, 0.25) is 0 Å². The van der Waals surface area contributed by atoms with Crippen LogP contribution in [0.4, 0.5) is 5.00 Å². The quantitative estimate of drug-likeness (QED) is 0.221. The molecule has 0 unspecified atom stereocenters. The van der Waals surface area contributed by atoms with Gasteiger partial charge in [-0.3, -0.25) is 4.79 Å². The van der Waals surface area contributed by atoms with Crippen LogP contribution < -0.4 is 5.32 Å². The number of carbonyl (C=O) groups excluding carboxylic acids is 2. The smallest absolute Gasteiger partial charge is 0.341 e. The molecule has 0 saturated carbocycles. The Morgan fingerprint density at radius 3 is 2.34 bits per heavy atom. The van der Waals surface area contributed by atoms with Crippen molar-refractivity contribution in [3.8, 4) is 22.4 Å². The number of aryl methyl sites for hydroxylation is 2. The monoisotopic (exact) mass is 520 g/mol. The first kappa shape index (κ1) is 25.4. The summed E-state index contributed by atoms with van der Waals surface area (Å²) in [5.41, 5.74) is 7.23. The third-order valence-corrected chi connectivity index (χ3v) is 7.37. The summed E-state index contributed by atoms with van der Waals surface area (Å²) in [5.74, 6) is -0.770. The Morgan fingerprint density at radius 2 is 1.63 bits per heavy atom. The van der Waals surface area contributed by atoms with Crippen molar-refractivity contribution in [3.05, 3.63) is 106 Å². The van der Waals surface area contributed by atoms with Gasteiger partial charge >= 0.3 is 5.97 Å². The SMILES string of the molecule is CCOC(=O)c1c(-c2ccc(C)cc2)csc1NC(=O)c1cc(-c2ccc(CC)cc2)nc2ccccc12. The van der Waals surface area contributed by atoms with Gasteiger partial charge in [0, 0.05) is 21.9 Å². The molecule has 6 heteroatoms. The largest absolute Gasteiger partial charge is 0.462 e. The van der Waals surface area contributed by atoms with Crippen molar-refractivity contribution in [3.63, 3.8) is 0 Å². The lowest BCUT2D eigenvalue weighted by atomic mass is 10.0. The van der Waals surface area contributed by atoms with Crippen molar-refractivity contribution in [2.45, 2.75) is 27.2 Å². The molecule has 0 spiro atoms. The van der Waals surface area contributed by atoms with E-state index in [4.69, 9.17) is 9.72 Å². The van der Waals surface area contributed by atoms with E-state index in [9.17, 15) is 9.59 Å². The molecule has 38 heavy (non-hydrogen) atoms. The fourth-order valence-corrected chi connectivity index (χ4v) is 5.35. The fourth-order valence-electron chi connectivity index (χ4n) is 4.39. The highest BCUT2D eigenvalue weighted by Gasteiger charge is 2.24. The van der Waals surface area contributed by atoms with E-state index in [2.05, 4.69) is 24.4 Å². The maximum absolute atomic E-state index is 13.8. The Labute approximate surface area is 226 Å². The second-order valence-corrected chi connectivity index (χ2v) is 9.90. The van der Waals surface area contributed by atoms with Crippen LogP contribution >= 0.6 is 11.3 Å². The van der Waals surface area contributed by atoms with Crippen molar-refractivity contribution in [1.82, 2.24) is 4.98 Å². The van der Waals surface area contributed by atoms with Gasteiger partial charge < -0.3 is 10.1 Å². The first-order valence-electron chi connectivity index (χ1n) is 12.6. The molecule has 0 aliphatic heterocycles. The Hall–Kier alpha value is -4.29. The fraction of sp³-hybridized carbons (Fsp3) is 0.156. The van der Waals surface area contributed by atoms with Gasteiger partial charge in [-0.15, -0.1) is 11.3 Å². The number of hydrogen-bond donors (Lipinski definition) is 1. The van der Waals surface area contributed by atoms with E-state index in [1.54, 1.807) is 6.92 Å². The summed E-state index contributed by atoms with van der Waals surface area (Å²) in [6.45, 7) is 6.14. The summed E-state index contributed by atoms with van der Waals surface area (Å²) >= 11 is 1.31. The number of rotatable bonds is 7. The lowest BCUT2D eigenvalue weighted by Gasteiger charge is -2.12. The molecule has 3 aromatic carbocycles. The van der Waals surface area contributed by atoms with Crippen LogP contribution in [0.2, 0.25) is 0 Å². The number of amides is 1. The first-order valence-corrected chi connectivity index (χ1v) is 13.5. The number of benzene rings is 3. The van der Waals surface area contributed by atoms with E-state index >= 15 is 0 Å². The molecule has 1 amide bonds. The Morgan fingerprint density at radius 1 is 0.921 bits per heavy atom. The molecule has 0 fully saturated rings. The zero-order chi connectivity index (χ0) is 26.6. The summed E-state index contributed by atoms with van der Waals surface area (Å²) in [7, 11) is 0. The number of ether oxygens (including phenoxy) is 1. The van der Waals surface area contributed by atoms with Crippen molar-refractivity contribution < 1.29 is 14.3 Å². The van der Waals surface area contributed by atoms with E-state index in [1.807, 2.05) is 79.0 Å². The minimum Gasteiger partial charge on any atom is -0.462 e. The number of nitrogens with one attached hydrogen (secondary N) is 1. The number of hydrogen-bond acceptors (Lipinski definition) is 5. The van der Waals surface area contributed by atoms with Crippen LogP contribution in [0, 0.1) is 6.92 Å². The van der Waals surface area contributed by atoms with Gasteiger partial charge in [-0.05, 0) is 43.5 Å². The maximum atomic E-state index is 13.8. The molecule has 5 rings (SSSR count). The molecule has 1 N–H and O–H groups in total. The van der Waals surface area contributed by atoms with E-state index in [0.29, 0.717) is 21.8 Å². The molecule has 190 valence electrons. The van der Waals surface area contributed by atoms with Gasteiger partial charge in [0.15, 0.2) is 0 Å². The Bertz CT molecular complexity index is 1620. The predicted octanol–water partition coefficient (Wildman–Crippen LogP) is 7.93. The normalized spacial score (nSPS) is 10.9. The number of aromatic nitrogens is 1.